The van der Waals surface area contributed by atoms with Gasteiger partial charge in [0.2, 0.25) is 41.1 Å². The molecular formula is C76H52NaO46+. The molecule has 1 aliphatic rings. The monoisotopic (exact) mass is 1720 g/mol. The predicted molar refractivity (Wildman–Crippen MR) is 383 cm³/mol. The molecule has 0 unspecified atom stereocenters. The molecule has 1 heterocycles. The molecule has 25 N–H and O–H groups in total. The molecule has 0 amide bonds. The van der Waals surface area contributed by atoms with Crippen molar-refractivity contribution in [3.05, 3.63) is 177 Å². The van der Waals surface area contributed by atoms with Gasteiger partial charge >= 0.3 is 89.3 Å². The second kappa shape index (κ2) is 35.0. The van der Waals surface area contributed by atoms with Crippen LogP contribution < -0.4 is 53.2 Å². The van der Waals surface area contributed by atoms with Crippen molar-refractivity contribution in [1.29, 1.82) is 0 Å². The molecule has 5 atom stereocenters. The van der Waals surface area contributed by atoms with Crippen LogP contribution in [0.5, 0.6) is 172 Å². The Hall–Kier alpha value is -17.1. The van der Waals surface area contributed by atoms with E-state index in [-0.39, 0.29) is 29.6 Å². The number of hydrogen-bond acceptors (Lipinski definition) is 46. The maximum Gasteiger partial charge on any atom is 1.00 e. The fourth-order valence-electron chi connectivity index (χ4n) is 10.8. The molecule has 0 saturated carbocycles. The van der Waals surface area contributed by atoms with Gasteiger partial charge in [-0.3, -0.25) is 0 Å². The summed E-state index contributed by atoms with van der Waals surface area (Å²) in [6, 6.07) is 8.56. The minimum atomic E-state index is -3.12. The number of phenolic OH excluding ortho intramolecular Hbond substituents is 25. The van der Waals surface area contributed by atoms with E-state index in [1.165, 1.54) is 0 Å². The van der Waals surface area contributed by atoms with E-state index >= 15 is 14.4 Å². The quantitative estimate of drug-likeness (QED) is 0.0160. The summed E-state index contributed by atoms with van der Waals surface area (Å²) in [6.45, 7) is -1.71. The van der Waals surface area contributed by atoms with E-state index in [9.17, 15) is 161 Å². The first-order valence-corrected chi connectivity index (χ1v) is 33.2. The first kappa shape index (κ1) is 88.2. The molecule has 123 heavy (non-hydrogen) atoms. The van der Waals surface area contributed by atoms with Gasteiger partial charge in [0.1, 0.15) is 12.7 Å². The maximum absolute atomic E-state index is 15.3. The van der Waals surface area contributed by atoms with Crippen molar-refractivity contribution in [2.24, 2.45) is 0 Å². The number of phenols is 25. The minimum absolute atomic E-state index is 0. The SMILES string of the molecule is O=C(OC[C@H]1O[C@H](OC(=O)c2cc(O)c(O)c(OC(=O)c3cc(O)c(O)c(O)c3)c2)[C@H](OC(=O)c2cc(O)c(O)c(OC(=O)c3cc(O)c(O)c(O)c3)c2)[C@@H](OC(=O)c2cc(O)c(O)c(OC(=O)c3cc(O)c(O)c(O)c3)c2)[C@@H]1OC(=O)c1cc(O)c(O)c(OC(=O)c2cc(O)c(O)c(O)c2)c1)c1cc(O)c(O)c(OC(=O)c2cc(O)c(O)c(O)c2)c1.[Na+]. The summed E-state index contributed by atoms with van der Waals surface area (Å²) in [7, 11) is 0. The Bertz CT molecular complexity index is 5980. The molecule has 10 aromatic rings. The Kier molecular flexibility index (Phi) is 25.1. The number of hydrogen-bond donors (Lipinski definition) is 25. The normalized spacial score (nSPS) is 14.5. The Balaban J connectivity index is 0.0000158. The van der Waals surface area contributed by atoms with Crippen LogP contribution in [0.3, 0.4) is 0 Å². The van der Waals surface area contributed by atoms with Gasteiger partial charge in [-0.25, -0.2) is 47.9 Å². The van der Waals surface area contributed by atoms with Crippen molar-refractivity contribution in [1.82, 2.24) is 0 Å². The van der Waals surface area contributed by atoms with Gasteiger partial charge in [0.05, 0.1) is 55.6 Å². The van der Waals surface area contributed by atoms with Gasteiger partial charge in [-0.2, -0.15) is 0 Å². The molecule has 11 rings (SSSR count). The third-order valence-electron chi connectivity index (χ3n) is 16.9. The van der Waals surface area contributed by atoms with Crippen molar-refractivity contribution >= 4 is 59.7 Å². The summed E-state index contributed by atoms with van der Waals surface area (Å²) in [4.78, 5) is 142. The molecule has 0 aromatic heterocycles. The van der Waals surface area contributed by atoms with Crippen LogP contribution in [0.2, 0.25) is 0 Å². The van der Waals surface area contributed by atoms with Crippen LogP contribution in [-0.4, -0.2) is 225 Å². The summed E-state index contributed by atoms with van der Waals surface area (Å²) < 4.78 is 60.4. The maximum atomic E-state index is 15.3. The zero-order valence-corrected chi connectivity index (χ0v) is 62.9. The van der Waals surface area contributed by atoms with Crippen LogP contribution in [0, 0.1) is 0 Å². The van der Waals surface area contributed by atoms with E-state index < -0.39 is 325 Å². The third-order valence-corrected chi connectivity index (χ3v) is 16.9. The zero-order valence-electron chi connectivity index (χ0n) is 60.9. The van der Waals surface area contributed by atoms with E-state index in [4.69, 9.17) is 52.1 Å². The number of ether oxygens (including phenoxy) is 11. The van der Waals surface area contributed by atoms with Crippen molar-refractivity contribution in [2.75, 3.05) is 6.61 Å². The number of rotatable bonds is 21. The smallest absolute Gasteiger partial charge is 0.504 e. The van der Waals surface area contributed by atoms with Gasteiger partial charge in [-0.05, 0) is 121 Å². The van der Waals surface area contributed by atoms with Crippen LogP contribution >= 0.6 is 0 Å². The van der Waals surface area contributed by atoms with E-state index in [1.807, 2.05) is 0 Å². The molecule has 46 nitrogen and oxygen atoms in total. The van der Waals surface area contributed by atoms with E-state index in [1.54, 1.807) is 0 Å². The van der Waals surface area contributed by atoms with E-state index in [2.05, 4.69) is 0 Å². The molecule has 0 spiro atoms. The first-order chi connectivity index (χ1) is 57.4. The molecule has 632 valence electrons. The van der Waals surface area contributed by atoms with Crippen LogP contribution in [0.4, 0.5) is 0 Å². The fraction of sp³-hybridized carbons (Fsp3) is 0.0789. The molecule has 0 aliphatic carbocycles. The topological polar surface area (TPSA) is 778 Å². The van der Waals surface area contributed by atoms with E-state index in [0.29, 0.717) is 121 Å². The predicted octanol–water partition coefficient (Wildman–Crippen LogP) is 1.84. The summed E-state index contributed by atoms with van der Waals surface area (Å²) >= 11 is 0. The first-order valence-electron chi connectivity index (χ1n) is 33.2. The average molecular weight is 1720 g/mol. The second-order valence-electron chi connectivity index (χ2n) is 25.1. The third kappa shape index (κ3) is 18.7. The average Bonchev–Trinajstić information content (AvgIpc) is 0.764. The molecule has 1 fully saturated rings. The van der Waals surface area contributed by atoms with Crippen LogP contribution in [-0.2, 0) is 28.4 Å². The zero-order chi connectivity index (χ0) is 89.4. The van der Waals surface area contributed by atoms with Crippen molar-refractivity contribution < 1.29 is 257 Å². The molecule has 1 aliphatic heterocycles. The Morgan fingerprint density at radius 1 is 0.211 bits per heavy atom. The van der Waals surface area contributed by atoms with Gasteiger partial charge < -0.3 is 180 Å². The van der Waals surface area contributed by atoms with Gasteiger partial charge in [0, 0.05) is 0 Å². The summed E-state index contributed by atoms with van der Waals surface area (Å²) in [5.74, 6) is -56.0. The Morgan fingerprint density at radius 3 is 0.602 bits per heavy atom. The van der Waals surface area contributed by atoms with Gasteiger partial charge in [-0.1, -0.05) is 0 Å². The van der Waals surface area contributed by atoms with Crippen LogP contribution in [0.25, 0.3) is 0 Å². The molecular weight excluding hydrogens is 1670 g/mol. The second-order valence-corrected chi connectivity index (χ2v) is 25.1. The van der Waals surface area contributed by atoms with Crippen molar-refractivity contribution in [3.63, 3.8) is 0 Å². The number of carbonyl (C=O) groups excluding carboxylic acids is 10. The van der Waals surface area contributed by atoms with Crippen LogP contribution in [0.15, 0.2) is 121 Å². The van der Waals surface area contributed by atoms with Gasteiger partial charge in [0.15, 0.2) is 156 Å². The Morgan fingerprint density at radius 2 is 0.382 bits per heavy atom. The molecule has 0 bridgehead atoms. The van der Waals surface area contributed by atoms with Crippen LogP contribution in [0.1, 0.15) is 104 Å². The van der Waals surface area contributed by atoms with E-state index in [0.717, 1.165) is 0 Å². The van der Waals surface area contributed by atoms with Gasteiger partial charge in [0.25, 0.3) is 0 Å². The summed E-state index contributed by atoms with van der Waals surface area (Å²) in [5.41, 5.74) is -9.89. The molecule has 10 aromatic carbocycles. The number of aromatic hydroxyl groups is 25. The summed E-state index contributed by atoms with van der Waals surface area (Å²) in [6.07, 6.45) is -15.1. The number of esters is 10. The number of benzene rings is 10. The minimum Gasteiger partial charge on any atom is -0.504 e. The van der Waals surface area contributed by atoms with Gasteiger partial charge in [-0.15, -0.1) is 0 Å². The molecule has 1 saturated heterocycles. The number of carbonyl (C=O) groups is 10. The molecule has 47 heteroatoms. The van der Waals surface area contributed by atoms with Crippen molar-refractivity contribution in [3.8, 4) is 172 Å². The fourth-order valence-corrected chi connectivity index (χ4v) is 10.8. The molecule has 0 radical (unpaired) electrons. The Labute approximate surface area is 700 Å². The summed E-state index contributed by atoms with van der Waals surface area (Å²) in [5, 5.41) is 261. The van der Waals surface area contributed by atoms with Crippen molar-refractivity contribution in [2.45, 2.75) is 30.7 Å². The standard InChI is InChI=1S/C76H52O46.Na/c77-32-1-22(2-33(78)53(32)92)67(103)113-47-16-27(11-42(87)58(47)97)66(102)112-21-52-63(119-72(108)28-12-43(88)59(98)48(17-28)114-68(104)23-3-34(79)54(93)35(80)4-23)64(120-73(109)29-13-44(89)60(99)49(18-29)115-69(105)24-5-36(81)55(94)37(82)6-24)65(121-74(110)30-14-45(90)61(100)50(19-30)116-70(106)25-7-38(83)56(95)39(84)8-25)76(118-52)122-75(111)31-15-46(91)62(101)51(20-31)117-71(107)26-9-40(85)57(96)41(86)10-26;/h1-20,52,63-65,76-101H,21H2;/q;+1/t52-,63-,64+,65-,76-;/m1./s1. The largest absolute Gasteiger partial charge is 1.00 e.